The maximum atomic E-state index is 12.8. The Kier molecular flexibility index (Phi) is 6.66. The lowest BCUT2D eigenvalue weighted by atomic mass is 9.73. The van der Waals surface area contributed by atoms with Crippen molar-refractivity contribution in [2.45, 2.75) is 70.3 Å². The van der Waals surface area contributed by atoms with Crippen LogP contribution in [0.2, 0.25) is 10.0 Å². The molecule has 3 rings (SSSR count). The number of ether oxygens (including phenoxy) is 1. The summed E-state index contributed by atoms with van der Waals surface area (Å²) in [6, 6.07) is 2.70. The first kappa shape index (κ1) is 25.5. The zero-order valence-corrected chi connectivity index (χ0v) is 20.1. The van der Waals surface area contributed by atoms with Gasteiger partial charge in [0.15, 0.2) is 29.2 Å². The van der Waals surface area contributed by atoms with Crippen molar-refractivity contribution >= 4 is 57.5 Å². The van der Waals surface area contributed by atoms with E-state index in [-0.39, 0.29) is 27.6 Å². The Morgan fingerprint density at radius 2 is 1.64 bits per heavy atom. The third kappa shape index (κ3) is 3.74. The van der Waals surface area contributed by atoms with Crippen LogP contribution in [0.5, 0.6) is 0 Å². The number of ketones is 3. The van der Waals surface area contributed by atoms with Gasteiger partial charge in [-0.3, -0.25) is 19.0 Å². The molecule has 180 valence electrons. The second-order valence-electron chi connectivity index (χ2n) is 8.47. The monoisotopic (exact) mass is 501 g/mol. The number of Topliss-reactive ketones (excluding diaryl/α,β-unsaturated/α-hetero) is 3. The van der Waals surface area contributed by atoms with E-state index in [2.05, 4.69) is 10.3 Å². The molecule has 10 nitrogen and oxygen atoms in total. The summed E-state index contributed by atoms with van der Waals surface area (Å²) in [7, 11) is 0. The van der Waals surface area contributed by atoms with Crippen molar-refractivity contribution < 1.29 is 34.4 Å². The number of hydrogen-bond acceptors (Lipinski definition) is 9. The average molecular weight is 502 g/mol. The number of nitrogens with one attached hydrogen (secondary N) is 1. The lowest BCUT2D eigenvalue weighted by Crippen LogP contribution is -2.67. The van der Waals surface area contributed by atoms with Crippen molar-refractivity contribution in [2.24, 2.45) is 0 Å². The first-order valence-electron chi connectivity index (χ1n) is 10.1. The Morgan fingerprint density at radius 1 is 1.09 bits per heavy atom. The van der Waals surface area contributed by atoms with Crippen LogP contribution >= 0.6 is 23.2 Å². The fourth-order valence-corrected chi connectivity index (χ4v) is 4.42. The van der Waals surface area contributed by atoms with Crippen LogP contribution < -0.4 is 5.32 Å². The van der Waals surface area contributed by atoms with Crippen LogP contribution in [-0.2, 0) is 19.1 Å². The van der Waals surface area contributed by atoms with Gasteiger partial charge in [-0.1, -0.05) is 23.2 Å². The zero-order valence-electron chi connectivity index (χ0n) is 18.6. The van der Waals surface area contributed by atoms with Gasteiger partial charge >= 0.3 is 0 Å². The molecule has 4 N–H and O–H groups in total. The minimum absolute atomic E-state index is 0.104. The zero-order chi connectivity index (χ0) is 25.0. The van der Waals surface area contributed by atoms with Gasteiger partial charge in [-0.15, -0.1) is 0 Å². The predicted molar refractivity (Wildman–Crippen MR) is 120 cm³/mol. The summed E-state index contributed by atoms with van der Waals surface area (Å²) < 4.78 is 7.03. The lowest BCUT2D eigenvalue weighted by molar-refractivity contribution is -0.183. The molecule has 5 atom stereocenters. The molecule has 1 unspecified atom stereocenters. The van der Waals surface area contributed by atoms with E-state index in [4.69, 9.17) is 27.9 Å². The number of halogens is 2. The van der Waals surface area contributed by atoms with Crippen LogP contribution in [0.15, 0.2) is 12.1 Å². The van der Waals surface area contributed by atoms with E-state index in [0.29, 0.717) is 5.52 Å². The second-order valence-corrected chi connectivity index (χ2v) is 9.28. The smallest absolute Gasteiger partial charge is 0.206 e. The van der Waals surface area contributed by atoms with Crippen LogP contribution in [-0.4, -0.2) is 71.7 Å². The highest BCUT2D eigenvalue weighted by Gasteiger charge is 2.73. The number of fused-ring (bicyclic) bond motifs is 1. The minimum atomic E-state index is -2.95. The summed E-state index contributed by atoms with van der Waals surface area (Å²) in [6.07, 6.45) is -5.73. The molecular weight excluding hydrogens is 477 g/mol. The largest absolute Gasteiger partial charge is 0.382 e. The van der Waals surface area contributed by atoms with Gasteiger partial charge < -0.3 is 25.4 Å². The maximum absolute atomic E-state index is 12.8. The molecule has 1 aliphatic heterocycles. The first-order valence-corrected chi connectivity index (χ1v) is 10.9. The number of hydrogen-bond donors (Lipinski definition) is 4. The molecule has 0 amide bonds. The van der Waals surface area contributed by atoms with Crippen molar-refractivity contribution in [2.75, 3.05) is 5.32 Å². The molecule has 0 spiro atoms. The van der Waals surface area contributed by atoms with Crippen molar-refractivity contribution in [3.63, 3.8) is 0 Å². The molecular formula is C21H25Cl2N3O7. The topological polar surface area (TPSA) is 151 Å². The normalized spacial score (nSPS) is 28.3. The number of nitrogens with zero attached hydrogens (tertiary/aromatic N) is 2. The number of carbonyl (C=O) groups excluding carboxylic acids is 3. The average Bonchev–Trinajstić information content (AvgIpc) is 3.14. The van der Waals surface area contributed by atoms with Gasteiger partial charge in [-0.2, -0.15) is 0 Å². The summed E-state index contributed by atoms with van der Waals surface area (Å²) in [4.78, 5) is 41.8. The van der Waals surface area contributed by atoms with Crippen molar-refractivity contribution in [1.82, 2.24) is 9.55 Å². The maximum Gasteiger partial charge on any atom is 0.206 e. The van der Waals surface area contributed by atoms with Crippen molar-refractivity contribution in [1.29, 1.82) is 0 Å². The summed E-state index contributed by atoms with van der Waals surface area (Å²) >= 11 is 12.3. The number of carbonyl (C=O) groups is 3. The molecule has 0 radical (unpaired) electrons. The van der Waals surface area contributed by atoms with Gasteiger partial charge in [-0.25, -0.2) is 4.98 Å². The molecule has 1 saturated heterocycles. The van der Waals surface area contributed by atoms with Gasteiger partial charge in [0.05, 0.1) is 21.1 Å². The molecule has 12 heteroatoms. The van der Waals surface area contributed by atoms with E-state index in [9.17, 15) is 29.7 Å². The van der Waals surface area contributed by atoms with E-state index in [0.717, 1.165) is 20.8 Å². The van der Waals surface area contributed by atoms with E-state index in [1.165, 1.54) is 16.7 Å². The van der Waals surface area contributed by atoms with Crippen LogP contribution in [0.1, 0.15) is 40.8 Å². The highest BCUT2D eigenvalue weighted by Crippen LogP contribution is 2.50. The standard InChI is InChI=1S/C21H25Cl2N3O7/c1-8(2)24-19-25-14-6-12(22)13(23)7-15(14)26(19)18-21(32,11(5)29)20(31,10(4)28)17(33-18)16(30)9(3)27/h6-8,16-18,30-32H,1-5H3,(H,24,25)/t16?,17-,18-,20-,21+/m1/s1. The van der Waals surface area contributed by atoms with Gasteiger partial charge in [0.1, 0.15) is 12.2 Å². The first-order chi connectivity index (χ1) is 15.2. The Bertz CT molecular complexity index is 1150. The van der Waals surface area contributed by atoms with Crippen LogP contribution in [0.4, 0.5) is 5.95 Å². The molecule has 1 aromatic heterocycles. The van der Waals surface area contributed by atoms with E-state index >= 15 is 0 Å². The van der Waals surface area contributed by atoms with Gasteiger partial charge in [-0.05, 0) is 46.8 Å². The summed E-state index contributed by atoms with van der Waals surface area (Å²) in [5.74, 6) is -2.83. The van der Waals surface area contributed by atoms with Gasteiger partial charge in [0.2, 0.25) is 11.5 Å². The minimum Gasteiger partial charge on any atom is -0.382 e. The van der Waals surface area contributed by atoms with Crippen LogP contribution in [0.3, 0.4) is 0 Å². The highest BCUT2D eigenvalue weighted by atomic mass is 35.5. The summed E-state index contributed by atoms with van der Waals surface area (Å²) in [5.41, 5.74) is -5.28. The second kappa shape index (κ2) is 8.61. The Hall–Kier alpha value is -2.08. The Balaban J connectivity index is 2.39. The molecule has 1 aliphatic rings. The lowest BCUT2D eigenvalue weighted by Gasteiger charge is -2.38. The molecule has 0 saturated carbocycles. The molecule has 2 heterocycles. The quantitative estimate of drug-likeness (QED) is 0.443. The number of imidazole rings is 1. The van der Waals surface area contributed by atoms with E-state index in [1.807, 2.05) is 13.8 Å². The van der Waals surface area contributed by atoms with Crippen LogP contribution in [0, 0.1) is 0 Å². The number of rotatable bonds is 7. The highest BCUT2D eigenvalue weighted by molar-refractivity contribution is 6.42. The Morgan fingerprint density at radius 3 is 2.12 bits per heavy atom. The molecule has 33 heavy (non-hydrogen) atoms. The fraction of sp³-hybridized carbons (Fsp3) is 0.524. The number of aliphatic hydroxyl groups excluding tert-OH is 1. The summed E-state index contributed by atoms with van der Waals surface area (Å²) in [6.45, 7) is 6.53. The number of anilines is 1. The predicted octanol–water partition coefficient (Wildman–Crippen LogP) is 1.65. The molecule has 2 aromatic rings. The Labute approximate surface area is 199 Å². The van der Waals surface area contributed by atoms with Gasteiger partial charge in [0.25, 0.3) is 0 Å². The van der Waals surface area contributed by atoms with Crippen LogP contribution in [0.25, 0.3) is 11.0 Å². The third-order valence-corrected chi connectivity index (χ3v) is 6.51. The van der Waals surface area contributed by atoms with Crippen molar-refractivity contribution in [3.8, 4) is 0 Å². The number of aliphatic hydroxyl groups is 3. The SMILES string of the molecule is CC(=O)C(O)[C@H]1O[C@@H](n2c(NC(C)C)nc3cc(Cl)c(Cl)cc32)[C@@](O)(C(C)=O)[C@@]1(O)C(C)=O. The molecule has 1 aromatic carbocycles. The fourth-order valence-electron chi connectivity index (χ4n) is 4.10. The third-order valence-electron chi connectivity index (χ3n) is 5.79. The molecule has 0 aliphatic carbocycles. The number of aromatic nitrogens is 2. The van der Waals surface area contributed by atoms with E-state index < -0.39 is 47.0 Å². The van der Waals surface area contributed by atoms with E-state index in [1.54, 1.807) is 0 Å². The number of benzene rings is 1. The van der Waals surface area contributed by atoms with Gasteiger partial charge in [0, 0.05) is 6.04 Å². The van der Waals surface area contributed by atoms with Crippen molar-refractivity contribution in [3.05, 3.63) is 22.2 Å². The molecule has 1 fully saturated rings. The summed E-state index contributed by atoms with van der Waals surface area (Å²) in [5, 5.41) is 36.9. The molecule has 0 bridgehead atoms.